The summed E-state index contributed by atoms with van der Waals surface area (Å²) in [5, 5.41) is 8.19. The molecule has 100 valence electrons. The molecule has 0 radical (unpaired) electrons. The van der Waals surface area contributed by atoms with Crippen LogP contribution in [0.25, 0.3) is 0 Å². The second kappa shape index (κ2) is 5.40. The van der Waals surface area contributed by atoms with Crippen LogP contribution in [0.5, 0.6) is 5.19 Å². The second-order valence-electron chi connectivity index (χ2n) is 4.33. The van der Waals surface area contributed by atoms with E-state index in [4.69, 9.17) is 9.15 Å². The fourth-order valence-corrected chi connectivity index (χ4v) is 2.57. The number of carbonyl (C=O) groups is 1. The van der Waals surface area contributed by atoms with Crippen molar-refractivity contribution in [3.63, 3.8) is 0 Å². The van der Waals surface area contributed by atoms with Gasteiger partial charge in [0.15, 0.2) is 0 Å². The van der Waals surface area contributed by atoms with Crippen molar-refractivity contribution in [3.8, 4) is 5.19 Å². The Hall–Kier alpha value is -1.89. The zero-order valence-electron chi connectivity index (χ0n) is 10.2. The van der Waals surface area contributed by atoms with Gasteiger partial charge in [-0.2, -0.15) is 0 Å². The van der Waals surface area contributed by atoms with Gasteiger partial charge in [-0.25, -0.2) is 0 Å². The number of carbonyl (C=O) groups excluding carboxylic acids is 1. The summed E-state index contributed by atoms with van der Waals surface area (Å²) in [6, 6.07) is 1.69. The third-order valence-corrected chi connectivity index (χ3v) is 3.68. The first-order valence-electron chi connectivity index (χ1n) is 6.07. The minimum Gasteiger partial charge on any atom is -0.472 e. The van der Waals surface area contributed by atoms with Crippen molar-refractivity contribution in [2.75, 3.05) is 13.1 Å². The number of aromatic nitrogens is 2. The lowest BCUT2D eigenvalue weighted by Crippen LogP contribution is -2.41. The molecule has 2 aromatic rings. The van der Waals surface area contributed by atoms with Crippen LogP contribution >= 0.6 is 11.3 Å². The monoisotopic (exact) mass is 279 g/mol. The number of piperidine rings is 1. The molecule has 3 heterocycles. The molecule has 7 heteroatoms. The smallest absolute Gasteiger partial charge is 0.294 e. The number of rotatable bonds is 3. The fraction of sp³-hybridized carbons (Fsp3) is 0.417. The number of nitrogens with zero attached hydrogens (tertiary/aromatic N) is 3. The van der Waals surface area contributed by atoms with Crippen molar-refractivity contribution in [1.82, 2.24) is 15.1 Å². The summed E-state index contributed by atoms with van der Waals surface area (Å²) in [6.07, 6.45) is 4.72. The molecule has 1 saturated heterocycles. The zero-order chi connectivity index (χ0) is 13.1. The molecule has 0 atom stereocenters. The molecule has 2 aromatic heterocycles. The van der Waals surface area contributed by atoms with Crippen molar-refractivity contribution < 1.29 is 13.9 Å². The molecule has 19 heavy (non-hydrogen) atoms. The third-order valence-electron chi connectivity index (χ3n) is 3.10. The topological polar surface area (TPSA) is 68.5 Å². The molecule has 6 nitrogen and oxygen atoms in total. The quantitative estimate of drug-likeness (QED) is 0.857. The number of furan rings is 1. The van der Waals surface area contributed by atoms with Crippen LogP contribution in [0.1, 0.15) is 23.2 Å². The van der Waals surface area contributed by atoms with Gasteiger partial charge in [0.2, 0.25) is 0 Å². The van der Waals surface area contributed by atoms with E-state index >= 15 is 0 Å². The molecule has 0 N–H and O–H groups in total. The summed E-state index contributed by atoms with van der Waals surface area (Å²) >= 11 is 1.38. The van der Waals surface area contributed by atoms with Gasteiger partial charge in [0.25, 0.3) is 11.1 Å². The van der Waals surface area contributed by atoms with Gasteiger partial charge in [0.05, 0.1) is 11.8 Å². The summed E-state index contributed by atoms with van der Waals surface area (Å²) in [6.45, 7) is 1.38. The first kappa shape index (κ1) is 12.2. The Balaban J connectivity index is 1.53. The fourth-order valence-electron chi connectivity index (χ4n) is 2.10. The van der Waals surface area contributed by atoms with E-state index in [2.05, 4.69) is 10.2 Å². The van der Waals surface area contributed by atoms with Gasteiger partial charge < -0.3 is 14.1 Å². The standard InChI is InChI=1S/C12H13N3O3S/c16-11(9-3-6-17-7-9)15-4-1-10(2-5-15)18-12-14-13-8-19-12/h3,6-8,10H,1-2,4-5H2. The van der Waals surface area contributed by atoms with Crippen molar-refractivity contribution in [2.24, 2.45) is 0 Å². The zero-order valence-corrected chi connectivity index (χ0v) is 11.0. The summed E-state index contributed by atoms with van der Waals surface area (Å²) < 4.78 is 10.6. The Bertz CT molecular complexity index is 518. The van der Waals surface area contributed by atoms with E-state index in [0.717, 1.165) is 12.8 Å². The molecule has 0 bridgehead atoms. The molecular formula is C12H13N3O3S. The van der Waals surface area contributed by atoms with Crippen molar-refractivity contribution in [1.29, 1.82) is 0 Å². The first-order chi connectivity index (χ1) is 9.33. The van der Waals surface area contributed by atoms with Crippen molar-refractivity contribution in [3.05, 3.63) is 29.7 Å². The highest BCUT2D eigenvalue weighted by Gasteiger charge is 2.25. The Kier molecular flexibility index (Phi) is 3.45. The Morgan fingerprint density at radius 3 is 2.95 bits per heavy atom. The maximum absolute atomic E-state index is 12.1. The average Bonchev–Trinajstić information content (AvgIpc) is 3.12. The van der Waals surface area contributed by atoms with Crippen LogP contribution in [-0.2, 0) is 0 Å². The van der Waals surface area contributed by atoms with E-state index in [1.165, 1.54) is 23.9 Å². The lowest BCUT2D eigenvalue weighted by molar-refractivity contribution is 0.0593. The highest BCUT2D eigenvalue weighted by Crippen LogP contribution is 2.20. The van der Waals surface area contributed by atoms with Crippen LogP contribution in [0.2, 0.25) is 0 Å². The largest absolute Gasteiger partial charge is 0.472 e. The van der Waals surface area contributed by atoms with E-state index in [-0.39, 0.29) is 12.0 Å². The predicted octanol–water partition coefficient (Wildman–Crippen LogP) is 1.81. The lowest BCUT2D eigenvalue weighted by atomic mass is 10.1. The SMILES string of the molecule is O=C(c1ccoc1)N1CCC(Oc2nncs2)CC1. The van der Waals surface area contributed by atoms with Gasteiger partial charge in [0.1, 0.15) is 17.9 Å². The van der Waals surface area contributed by atoms with Crippen LogP contribution in [-0.4, -0.2) is 40.2 Å². The van der Waals surface area contributed by atoms with Gasteiger partial charge in [-0.05, 0) is 6.07 Å². The lowest BCUT2D eigenvalue weighted by Gasteiger charge is -2.31. The van der Waals surface area contributed by atoms with Gasteiger partial charge in [-0.1, -0.05) is 11.3 Å². The van der Waals surface area contributed by atoms with E-state index in [1.807, 2.05) is 4.90 Å². The molecule has 0 aromatic carbocycles. The molecular weight excluding hydrogens is 266 g/mol. The van der Waals surface area contributed by atoms with Gasteiger partial charge in [-0.3, -0.25) is 4.79 Å². The molecule has 0 unspecified atom stereocenters. The van der Waals surface area contributed by atoms with Gasteiger partial charge >= 0.3 is 0 Å². The first-order valence-corrected chi connectivity index (χ1v) is 6.95. The average molecular weight is 279 g/mol. The maximum Gasteiger partial charge on any atom is 0.294 e. The molecule has 0 saturated carbocycles. The highest BCUT2D eigenvalue weighted by molar-refractivity contribution is 7.11. The van der Waals surface area contributed by atoms with Gasteiger partial charge in [0, 0.05) is 25.9 Å². The van der Waals surface area contributed by atoms with Crippen LogP contribution < -0.4 is 4.74 Å². The molecule has 3 rings (SSSR count). The molecule has 0 aliphatic carbocycles. The number of hydrogen-bond donors (Lipinski definition) is 0. The van der Waals surface area contributed by atoms with Crippen LogP contribution in [0, 0.1) is 0 Å². The van der Waals surface area contributed by atoms with Crippen molar-refractivity contribution in [2.45, 2.75) is 18.9 Å². The van der Waals surface area contributed by atoms with E-state index < -0.39 is 0 Å². The predicted molar refractivity (Wildman–Crippen MR) is 68.2 cm³/mol. The molecule has 1 fully saturated rings. The number of hydrogen-bond acceptors (Lipinski definition) is 6. The Morgan fingerprint density at radius 1 is 1.47 bits per heavy atom. The second-order valence-corrected chi connectivity index (χ2v) is 5.12. The third kappa shape index (κ3) is 2.76. The minimum absolute atomic E-state index is 0.0168. The molecule has 1 amide bonds. The maximum atomic E-state index is 12.1. The van der Waals surface area contributed by atoms with Gasteiger partial charge in [-0.15, -0.1) is 10.2 Å². The molecule has 0 spiro atoms. The Morgan fingerprint density at radius 2 is 2.32 bits per heavy atom. The number of likely N-dealkylation sites (tertiary alicyclic amines) is 1. The highest BCUT2D eigenvalue weighted by atomic mass is 32.1. The number of ether oxygens (including phenoxy) is 1. The Labute approximate surface area is 114 Å². The summed E-state index contributed by atoms with van der Waals surface area (Å²) in [4.78, 5) is 13.9. The summed E-state index contributed by atoms with van der Waals surface area (Å²) in [5.74, 6) is 0.0168. The number of amides is 1. The van der Waals surface area contributed by atoms with Crippen molar-refractivity contribution >= 4 is 17.2 Å². The van der Waals surface area contributed by atoms with Crippen LogP contribution in [0.15, 0.2) is 28.5 Å². The summed E-state index contributed by atoms with van der Waals surface area (Å²) in [7, 11) is 0. The van der Waals surface area contributed by atoms with Crippen LogP contribution in [0.3, 0.4) is 0 Å². The normalized spacial score (nSPS) is 16.5. The van der Waals surface area contributed by atoms with Crippen LogP contribution in [0.4, 0.5) is 0 Å². The van der Waals surface area contributed by atoms with E-state index in [1.54, 1.807) is 11.6 Å². The molecule has 1 aliphatic rings. The van der Waals surface area contributed by atoms with E-state index in [9.17, 15) is 4.79 Å². The summed E-state index contributed by atoms with van der Waals surface area (Å²) in [5.41, 5.74) is 2.25. The molecule has 1 aliphatic heterocycles. The van der Waals surface area contributed by atoms with E-state index in [0.29, 0.717) is 23.8 Å². The minimum atomic E-state index is 0.0168.